The first-order chi connectivity index (χ1) is 11.0. The number of nitrogens with zero attached hydrogens (tertiary/aromatic N) is 1. The molecule has 2 saturated carbocycles. The van der Waals surface area contributed by atoms with Gasteiger partial charge < -0.3 is 4.84 Å². The van der Waals surface area contributed by atoms with Crippen LogP contribution in [0.25, 0.3) is 0 Å². The van der Waals surface area contributed by atoms with Crippen LogP contribution < -0.4 is 0 Å². The van der Waals surface area contributed by atoms with Crippen molar-refractivity contribution in [2.45, 2.75) is 65.2 Å². The zero-order chi connectivity index (χ0) is 16.2. The molecule has 0 radical (unpaired) electrons. The van der Waals surface area contributed by atoms with E-state index < -0.39 is 0 Å². The van der Waals surface area contributed by atoms with E-state index in [-0.39, 0.29) is 0 Å². The fourth-order valence-electron chi connectivity index (χ4n) is 6.61. The maximum Gasteiger partial charge on any atom is 0.106 e. The summed E-state index contributed by atoms with van der Waals surface area (Å²) in [6, 6.07) is 0. The lowest BCUT2D eigenvalue weighted by molar-refractivity contribution is 0.0384. The van der Waals surface area contributed by atoms with E-state index >= 15 is 0 Å². The quantitative estimate of drug-likeness (QED) is 0.462. The molecule has 0 bridgehead atoms. The second-order valence-electron chi connectivity index (χ2n) is 8.74. The first-order valence-corrected chi connectivity index (χ1v) is 9.52. The van der Waals surface area contributed by atoms with E-state index in [0.717, 1.165) is 30.1 Å². The van der Waals surface area contributed by atoms with E-state index in [0.29, 0.717) is 5.41 Å². The van der Waals surface area contributed by atoms with E-state index in [1.54, 1.807) is 12.7 Å². The number of hydrogen-bond donors (Lipinski definition) is 0. The maximum absolute atomic E-state index is 5.17. The lowest BCUT2D eigenvalue weighted by Crippen LogP contribution is -2.46. The molecular formula is C21H31NO. The van der Waals surface area contributed by atoms with Gasteiger partial charge in [0, 0.05) is 5.41 Å². The SMILES string of the molecule is C=C1CCC2=C(C1)C[C@@H](C)[C@@H]1[C@@H]2CC[C@]2(C)C(=NOC)CC[C@@H]12. The summed E-state index contributed by atoms with van der Waals surface area (Å²) in [6.45, 7) is 9.25. The van der Waals surface area contributed by atoms with Crippen molar-refractivity contribution in [1.29, 1.82) is 0 Å². The number of fused-ring (bicyclic) bond motifs is 4. The number of rotatable bonds is 1. The van der Waals surface area contributed by atoms with Gasteiger partial charge in [0.2, 0.25) is 0 Å². The molecule has 126 valence electrons. The van der Waals surface area contributed by atoms with Gasteiger partial charge in [-0.1, -0.05) is 42.3 Å². The standard InChI is InChI=1S/C21H31NO/c1-13-5-6-16-15(11-13)12-14(2)20-17(16)9-10-21(3)18(20)7-8-19(21)22-23-4/h14,17-18,20H,1,5-12H2,2-4H3/t14-,17-,18+,20-,21+/m1/s1. The minimum Gasteiger partial charge on any atom is -0.399 e. The molecule has 0 heterocycles. The fraction of sp³-hybridized carbons (Fsp3) is 0.762. The highest BCUT2D eigenvalue weighted by molar-refractivity contribution is 5.92. The molecule has 0 unspecified atom stereocenters. The Kier molecular flexibility index (Phi) is 3.70. The van der Waals surface area contributed by atoms with Gasteiger partial charge in [-0.15, -0.1) is 0 Å². The van der Waals surface area contributed by atoms with Crippen LogP contribution in [0, 0.1) is 29.1 Å². The monoisotopic (exact) mass is 313 g/mol. The van der Waals surface area contributed by atoms with Crippen LogP contribution in [-0.2, 0) is 4.84 Å². The van der Waals surface area contributed by atoms with Crippen LogP contribution in [0.1, 0.15) is 65.2 Å². The molecule has 4 aliphatic carbocycles. The number of hydrogen-bond acceptors (Lipinski definition) is 2. The highest BCUT2D eigenvalue weighted by Crippen LogP contribution is 2.61. The smallest absolute Gasteiger partial charge is 0.106 e. The maximum atomic E-state index is 5.17. The van der Waals surface area contributed by atoms with Crippen molar-refractivity contribution in [3.8, 4) is 0 Å². The lowest BCUT2D eigenvalue weighted by Gasteiger charge is -2.53. The molecule has 5 atom stereocenters. The second-order valence-corrected chi connectivity index (χ2v) is 8.74. The topological polar surface area (TPSA) is 21.6 Å². The third-order valence-corrected chi connectivity index (χ3v) is 7.61. The zero-order valence-electron chi connectivity index (χ0n) is 15.0. The largest absolute Gasteiger partial charge is 0.399 e. The third kappa shape index (κ3) is 2.24. The van der Waals surface area contributed by atoms with E-state index in [9.17, 15) is 0 Å². The van der Waals surface area contributed by atoms with Crippen molar-refractivity contribution in [3.05, 3.63) is 23.3 Å². The van der Waals surface area contributed by atoms with E-state index in [2.05, 4.69) is 25.6 Å². The highest BCUT2D eigenvalue weighted by atomic mass is 16.6. The van der Waals surface area contributed by atoms with Gasteiger partial charge in [0.05, 0.1) is 5.71 Å². The van der Waals surface area contributed by atoms with Crippen molar-refractivity contribution in [1.82, 2.24) is 0 Å². The van der Waals surface area contributed by atoms with Crippen molar-refractivity contribution in [3.63, 3.8) is 0 Å². The van der Waals surface area contributed by atoms with E-state index in [1.807, 2.05) is 5.57 Å². The van der Waals surface area contributed by atoms with Crippen molar-refractivity contribution < 1.29 is 4.84 Å². The summed E-state index contributed by atoms with van der Waals surface area (Å²) in [5.41, 5.74) is 6.71. The lowest BCUT2D eigenvalue weighted by atomic mass is 9.52. The van der Waals surface area contributed by atoms with Gasteiger partial charge >= 0.3 is 0 Å². The molecule has 2 nitrogen and oxygen atoms in total. The van der Waals surface area contributed by atoms with Crippen LogP contribution >= 0.6 is 0 Å². The minimum absolute atomic E-state index is 0.293. The average Bonchev–Trinajstić information content (AvgIpc) is 2.84. The molecule has 0 amide bonds. The normalized spacial score (nSPS) is 44.8. The van der Waals surface area contributed by atoms with E-state index in [4.69, 9.17) is 4.84 Å². The minimum atomic E-state index is 0.293. The van der Waals surface area contributed by atoms with Crippen molar-refractivity contribution in [2.75, 3.05) is 7.11 Å². The molecule has 0 spiro atoms. The summed E-state index contributed by atoms with van der Waals surface area (Å²) in [5.74, 6) is 3.34. The van der Waals surface area contributed by atoms with Crippen LogP contribution in [0.15, 0.2) is 28.5 Å². The Morgan fingerprint density at radius 2 is 2.04 bits per heavy atom. The summed E-state index contributed by atoms with van der Waals surface area (Å²) in [7, 11) is 1.70. The summed E-state index contributed by atoms with van der Waals surface area (Å²) < 4.78 is 0. The average molecular weight is 313 g/mol. The molecule has 2 fully saturated rings. The van der Waals surface area contributed by atoms with Crippen molar-refractivity contribution >= 4 is 5.71 Å². The van der Waals surface area contributed by atoms with Crippen molar-refractivity contribution in [2.24, 2.45) is 34.2 Å². The van der Waals surface area contributed by atoms with Crippen LogP contribution in [0.2, 0.25) is 0 Å². The second kappa shape index (κ2) is 5.50. The Balaban J connectivity index is 1.69. The molecule has 0 aliphatic heterocycles. The number of allylic oxidation sites excluding steroid dienone is 3. The molecule has 0 N–H and O–H groups in total. The predicted octanol–water partition coefficient (Wildman–Crippen LogP) is 5.51. The Morgan fingerprint density at radius 1 is 1.22 bits per heavy atom. The first kappa shape index (κ1) is 15.5. The Hall–Kier alpha value is -1.05. The summed E-state index contributed by atoms with van der Waals surface area (Å²) in [5, 5.41) is 4.43. The molecule has 23 heavy (non-hydrogen) atoms. The highest BCUT2D eigenvalue weighted by Gasteiger charge is 2.55. The zero-order valence-corrected chi connectivity index (χ0v) is 15.0. The molecule has 0 saturated heterocycles. The van der Waals surface area contributed by atoms with Gasteiger partial charge in [0.25, 0.3) is 0 Å². The van der Waals surface area contributed by atoms with Gasteiger partial charge in [0.15, 0.2) is 0 Å². The predicted molar refractivity (Wildman–Crippen MR) is 95.3 cm³/mol. The van der Waals surface area contributed by atoms with Gasteiger partial charge in [-0.25, -0.2) is 0 Å². The van der Waals surface area contributed by atoms with Gasteiger partial charge in [-0.05, 0) is 75.0 Å². The molecule has 4 rings (SSSR count). The first-order valence-electron chi connectivity index (χ1n) is 9.52. The molecule has 0 aromatic rings. The van der Waals surface area contributed by atoms with Crippen LogP contribution in [0.4, 0.5) is 0 Å². The Morgan fingerprint density at radius 3 is 2.83 bits per heavy atom. The molecular weight excluding hydrogens is 282 g/mol. The van der Waals surface area contributed by atoms with Gasteiger partial charge in [0.1, 0.15) is 7.11 Å². The summed E-state index contributed by atoms with van der Waals surface area (Å²) in [4.78, 5) is 5.17. The van der Waals surface area contributed by atoms with Gasteiger partial charge in [-0.2, -0.15) is 0 Å². The summed E-state index contributed by atoms with van der Waals surface area (Å²) in [6.07, 6.45) is 10.2. The molecule has 2 heteroatoms. The third-order valence-electron chi connectivity index (χ3n) is 7.61. The molecule has 0 aromatic carbocycles. The molecule has 0 aromatic heterocycles. The van der Waals surface area contributed by atoms with E-state index in [1.165, 1.54) is 56.2 Å². The van der Waals surface area contributed by atoms with Crippen LogP contribution in [0.3, 0.4) is 0 Å². The summed E-state index contributed by atoms with van der Waals surface area (Å²) >= 11 is 0. The van der Waals surface area contributed by atoms with Crippen LogP contribution in [-0.4, -0.2) is 12.8 Å². The van der Waals surface area contributed by atoms with Gasteiger partial charge in [-0.3, -0.25) is 0 Å². The number of oxime groups is 1. The Bertz CT molecular complexity index is 587. The molecule has 4 aliphatic rings. The fourth-order valence-corrected chi connectivity index (χ4v) is 6.61. The Labute approximate surface area is 141 Å². The van der Waals surface area contributed by atoms with Crippen LogP contribution in [0.5, 0.6) is 0 Å².